The van der Waals surface area contributed by atoms with Crippen LogP contribution in [0.3, 0.4) is 0 Å². The smallest absolute Gasteiger partial charge is 0.313 e. The van der Waals surface area contributed by atoms with Gasteiger partial charge in [0.1, 0.15) is 6.10 Å². The van der Waals surface area contributed by atoms with Crippen LogP contribution in [0.1, 0.15) is 26.2 Å². The number of carbonyl (C=O) groups is 1. The van der Waals surface area contributed by atoms with Crippen LogP contribution in [-0.2, 0) is 14.3 Å². The van der Waals surface area contributed by atoms with E-state index >= 15 is 0 Å². The van der Waals surface area contributed by atoms with E-state index in [2.05, 4.69) is 5.32 Å². The summed E-state index contributed by atoms with van der Waals surface area (Å²) in [6.45, 7) is 5.07. The van der Waals surface area contributed by atoms with Crippen LogP contribution in [0.4, 0.5) is 0 Å². The molecule has 0 aromatic carbocycles. The second-order valence-corrected chi connectivity index (χ2v) is 4.70. The van der Waals surface area contributed by atoms with E-state index in [-0.39, 0.29) is 17.5 Å². The Morgan fingerprint density at radius 3 is 2.80 bits per heavy atom. The minimum Gasteiger partial charge on any atom is -0.462 e. The third kappa shape index (κ3) is 2.49. The Kier molecular flexibility index (Phi) is 3.26. The molecular weight excluding hydrogens is 194 g/mol. The summed E-state index contributed by atoms with van der Waals surface area (Å²) in [6.07, 6.45) is 2.64. The molecule has 15 heavy (non-hydrogen) atoms. The minimum atomic E-state index is -0.307. The predicted octanol–water partition coefficient (Wildman–Crippen LogP) is 0.708. The van der Waals surface area contributed by atoms with Gasteiger partial charge in [0, 0.05) is 19.4 Å². The highest BCUT2D eigenvalue weighted by Gasteiger charge is 2.39. The molecule has 86 valence electrons. The Hall–Kier alpha value is -0.610. The molecule has 0 aromatic heterocycles. The molecule has 4 nitrogen and oxygen atoms in total. The monoisotopic (exact) mass is 213 g/mol. The Labute approximate surface area is 90.3 Å². The largest absolute Gasteiger partial charge is 0.462 e. The van der Waals surface area contributed by atoms with Gasteiger partial charge in [-0.1, -0.05) is 0 Å². The van der Waals surface area contributed by atoms with Gasteiger partial charge in [-0.15, -0.1) is 0 Å². The first-order chi connectivity index (χ1) is 7.21. The van der Waals surface area contributed by atoms with Gasteiger partial charge in [-0.05, 0) is 19.9 Å². The Balaban J connectivity index is 1.85. The highest BCUT2D eigenvalue weighted by Crippen LogP contribution is 2.27. The van der Waals surface area contributed by atoms with Crippen molar-refractivity contribution in [3.8, 4) is 0 Å². The van der Waals surface area contributed by atoms with Crippen molar-refractivity contribution in [2.45, 2.75) is 32.3 Å². The molecular formula is C11H19NO3. The van der Waals surface area contributed by atoms with E-state index in [1.165, 1.54) is 0 Å². The molecule has 0 bridgehead atoms. The fraction of sp³-hybridized carbons (Fsp3) is 0.909. The van der Waals surface area contributed by atoms with Gasteiger partial charge >= 0.3 is 5.97 Å². The predicted molar refractivity (Wildman–Crippen MR) is 55.5 cm³/mol. The Bertz CT molecular complexity index is 230. The molecule has 2 heterocycles. The van der Waals surface area contributed by atoms with Gasteiger partial charge in [-0.25, -0.2) is 0 Å². The van der Waals surface area contributed by atoms with Crippen LogP contribution in [0.2, 0.25) is 0 Å². The van der Waals surface area contributed by atoms with Crippen molar-refractivity contribution >= 4 is 5.97 Å². The lowest BCUT2D eigenvalue weighted by Gasteiger charge is -2.27. The van der Waals surface area contributed by atoms with Crippen molar-refractivity contribution in [2.24, 2.45) is 5.41 Å². The Morgan fingerprint density at radius 1 is 1.47 bits per heavy atom. The van der Waals surface area contributed by atoms with E-state index in [4.69, 9.17) is 9.47 Å². The molecule has 2 saturated heterocycles. The van der Waals surface area contributed by atoms with Crippen molar-refractivity contribution in [1.82, 2.24) is 5.32 Å². The highest BCUT2D eigenvalue weighted by atomic mass is 16.6. The van der Waals surface area contributed by atoms with Crippen LogP contribution in [0, 0.1) is 5.41 Å². The standard InChI is InChI=1S/C11H19NO3/c1-11(4-5-12-8-11)10(13)15-9-2-6-14-7-3-9/h9,12H,2-8H2,1H3. The third-order valence-corrected chi connectivity index (χ3v) is 3.30. The molecule has 1 unspecified atom stereocenters. The summed E-state index contributed by atoms with van der Waals surface area (Å²) in [6, 6.07) is 0. The number of rotatable bonds is 2. The molecule has 0 aromatic rings. The van der Waals surface area contributed by atoms with Gasteiger partial charge in [0.15, 0.2) is 0 Å². The second-order valence-electron chi connectivity index (χ2n) is 4.70. The van der Waals surface area contributed by atoms with Crippen molar-refractivity contribution in [2.75, 3.05) is 26.3 Å². The zero-order valence-corrected chi connectivity index (χ0v) is 9.25. The molecule has 0 radical (unpaired) electrons. The Morgan fingerprint density at radius 2 is 2.20 bits per heavy atom. The topological polar surface area (TPSA) is 47.6 Å². The molecule has 0 amide bonds. The van der Waals surface area contributed by atoms with E-state index in [1.54, 1.807) is 0 Å². The summed E-state index contributed by atoms with van der Waals surface area (Å²) >= 11 is 0. The summed E-state index contributed by atoms with van der Waals surface area (Å²) in [5.41, 5.74) is -0.307. The minimum absolute atomic E-state index is 0.0422. The molecule has 2 aliphatic rings. The van der Waals surface area contributed by atoms with Crippen LogP contribution < -0.4 is 5.32 Å². The van der Waals surface area contributed by atoms with E-state index in [1.807, 2.05) is 6.92 Å². The van der Waals surface area contributed by atoms with Gasteiger partial charge in [-0.3, -0.25) is 4.79 Å². The molecule has 2 rings (SSSR count). The maximum atomic E-state index is 11.9. The molecule has 1 N–H and O–H groups in total. The molecule has 1 atom stereocenters. The number of ether oxygens (including phenoxy) is 2. The zero-order valence-electron chi connectivity index (χ0n) is 9.25. The molecule has 4 heteroatoms. The van der Waals surface area contributed by atoms with Gasteiger partial charge in [-0.2, -0.15) is 0 Å². The maximum absolute atomic E-state index is 11.9. The zero-order chi connectivity index (χ0) is 10.7. The van der Waals surface area contributed by atoms with Gasteiger partial charge in [0.05, 0.1) is 18.6 Å². The molecule has 0 saturated carbocycles. The van der Waals surface area contributed by atoms with Crippen LogP contribution >= 0.6 is 0 Å². The summed E-state index contributed by atoms with van der Waals surface area (Å²) in [4.78, 5) is 11.9. The van der Waals surface area contributed by atoms with Crippen molar-refractivity contribution < 1.29 is 14.3 Å². The SMILES string of the molecule is CC1(C(=O)OC2CCOCC2)CCNC1. The van der Waals surface area contributed by atoms with Crippen LogP contribution in [0.5, 0.6) is 0 Å². The van der Waals surface area contributed by atoms with Crippen molar-refractivity contribution in [3.05, 3.63) is 0 Å². The lowest BCUT2D eigenvalue weighted by Crippen LogP contribution is -2.36. The first-order valence-corrected chi connectivity index (χ1v) is 5.70. The van der Waals surface area contributed by atoms with Crippen LogP contribution in [0.15, 0.2) is 0 Å². The van der Waals surface area contributed by atoms with Crippen LogP contribution in [-0.4, -0.2) is 38.4 Å². The molecule has 2 fully saturated rings. The summed E-state index contributed by atoms with van der Waals surface area (Å²) < 4.78 is 10.7. The second kappa shape index (κ2) is 4.49. The first kappa shape index (κ1) is 10.9. The normalized spacial score (nSPS) is 32.9. The van der Waals surface area contributed by atoms with E-state index in [0.717, 1.165) is 32.4 Å². The lowest BCUT2D eigenvalue weighted by atomic mass is 9.90. The number of nitrogens with one attached hydrogen (secondary N) is 1. The van der Waals surface area contributed by atoms with E-state index in [9.17, 15) is 4.79 Å². The molecule has 2 aliphatic heterocycles. The summed E-state index contributed by atoms with van der Waals surface area (Å²) in [5.74, 6) is -0.0422. The van der Waals surface area contributed by atoms with Crippen LogP contribution in [0.25, 0.3) is 0 Å². The maximum Gasteiger partial charge on any atom is 0.313 e. The summed E-state index contributed by atoms with van der Waals surface area (Å²) in [5, 5.41) is 3.21. The highest BCUT2D eigenvalue weighted by molar-refractivity contribution is 5.77. The number of hydrogen-bond acceptors (Lipinski definition) is 4. The number of hydrogen-bond donors (Lipinski definition) is 1. The molecule has 0 spiro atoms. The quantitative estimate of drug-likeness (QED) is 0.686. The fourth-order valence-electron chi connectivity index (χ4n) is 2.08. The van der Waals surface area contributed by atoms with Crippen molar-refractivity contribution in [3.63, 3.8) is 0 Å². The summed E-state index contributed by atoms with van der Waals surface area (Å²) in [7, 11) is 0. The lowest BCUT2D eigenvalue weighted by molar-refractivity contribution is -0.163. The van der Waals surface area contributed by atoms with Gasteiger partial charge < -0.3 is 14.8 Å². The van der Waals surface area contributed by atoms with E-state index < -0.39 is 0 Å². The first-order valence-electron chi connectivity index (χ1n) is 5.70. The average molecular weight is 213 g/mol. The fourth-order valence-corrected chi connectivity index (χ4v) is 2.08. The van der Waals surface area contributed by atoms with Gasteiger partial charge in [0.25, 0.3) is 0 Å². The average Bonchev–Trinajstić information content (AvgIpc) is 2.68. The van der Waals surface area contributed by atoms with E-state index in [0.29, 0.717) is 13.2 Å². The number of esters is 1. The van der Waals surface area contributed by atoms with Crippen molar-refractivity contribution in [1.29, 1.82) is 0 Å². The third-order valence-electron chi connectivity index (χ3n) is 3.30. The number of carbonyl (C=O) groups excluding carboxylic acids is 1. The van der Waals surface area contributed by atoms with Gasteiger partial charge in [0.2, 0.25) is 0 Å². The molecule has 0 aliphatic carbocycles.